The van der Waals surface area contributed by atoms with E-state index in [-0.39, 0.29) is 0 Å². The molecule has 0 amide bonds. The van der Waals surface area contributed by atoms with Crippen molar-refractivity contribution in [1.29, 1.82) is 0 Å². The Morgan fingerprint density at radius 1 is 1.40 bits per heavy atom. The van der Waals surface area contributed by atoms with Crippen LogP contribution in [0.5, 0.6) is 0 Å². The van der Waals surface area contributed by atoms with Crippen LogP contribution in [0.25, 0.3) is 0 Å². The third kappa shape index (κ3) is 3.91. The summed E-state index contributed by atoms with van der Waals surface area (Å²) in [5.41, 5.74) is 1.64. The number of rotatable bonds is 5. The van der Waals surface area contributed by atoms with E-state index in [9.17, 15) is 4.79 Å². The molecule has 0 fully saturated rings. The molecule has 0 atom stereocenters. The number of carbonyl (C=O) groups excluding carboxylic acids is 1. The Labute approximate surface area is 94.0 Å². The molecule has 5 heteroatoms. The molecule has 0 saturated carbocycles. The quantitative estimate of drug-likeness (QED) is 0.459. The third-order valence-corrected chi connectivity index (χ3v) is 1.96. The predicted octanol–water partition coefficient (Wildman–Crippen LogP) is 2.08. The van der Waals surface area contributed by atoms with Gasteiger partial charge in [-0.1, -0.05) is 43.3 Å². The van der Waals surface area contributed by atoms with E-state index >= 15 is 0 Å². The van der Waals surface area contributed by atoms with Crippen LogP contribution in [0.3, 0.4) is 0 Å². The fourth-order valence-electron chi connectivity index (χ4n) is 1.20. The molecule has 0 spiro atoms. The van der Waals surface area contributed by atoms with Crippen LogP contribution in [0, 0.1) is 0 Å². The lowest BCUT2D eigenvalue weighted by Crippen LogP contribution is -2.10. The highest BCUT2D eigenvalue weighted by Gasteiger charge is 2.07. The Morgan fingerprint density at radius 3 is 2.60 bits per heavy atom. The predicted molar refractivity (Wildman–Crippen MR) is 59.1 cm³/mol. The van der Waals surface area contributed by atoms with Gasteiger partial charge in [-0.05, 0) is 24.1 Å². The molecule has 0 unspecified atom stereocenters. The minimum absolute atomic E-state index is 0.443. The standard InChI is InChI=1S/C10H13NO3S/c1-2-3-8-4-6-9(7-5-8)10(12)13-14-11-15/h4-7,11,15H,2-3H2,1H3. The lowest BCUT2D eigenvalue weighted by atomic mass is 10.1. The summed E-state index contributed by atoms with van der Waals surface area (Å²) in [4.78, 5) is 21.7. The Kier molecular flexibility index (Phi) is 5.17. The van der Waals surface area contributed by atoms with Crippen LogP contribution in [0.4, 0.5) is 0 Å². The molecule has 0 saturated heterocycles. The maximum atomic E-state index is 11.3. The minimum atomic E-state index is -0.556. The van der Waals surface area contributed by atoms with Gasteiger partial charge in [-0.25, -0.2) is 4.79 Å². The van der Waals surface area contributed by atoms with E-state index < -0.39 is 5.97 Å². The zero-order valence-electron chi connectivity index (χ0n) is 8.40. The van der Waals surface area contributed by atoms with E-state index in [0.29, 0.717) is 5.56 Å². The van der Waals surface area contributed by atoms with Crippen molar-refractivity contribution in [2.75, 3.05) is 0 Å². The molecule has 0 radical (unpaired) electrons. The fraction of sp³-hybridized carbons (Fsp3) is 0.300. The van der Waals surface area contributed by atoms with Crippen LogP contribution in [0.1, 0.15) is 29.3 Å². The second-order valence-corrected chi connectivity index (χ2v) is 3.17. The van der Waals surface area contributed by atoms with Gasteiger partial charge >= 0.3 is 5.97 Å². The van der Waals surface area contributed by atoms with Crippen molar-refractivity contribution in [3.8, 4) is 0 Å². The van der Waals surface area contributed by atoms with E-state index in [0.717, 1.165) is 12.8 Å². The van der Waals surface area contributed by atoms with E-state index in [1.54, 1.807) is 12.1 Å². The molecule has 82 valence electrons. The van der Waals surface area contributed by atoms with Gasteiger partial charge in [0.05, 0.1) is 5.56 Å². The Bertz CT molecular complexity index is 313. The van der Waals surface area contributed by atoms with Gasteiger partial charge in [0.1, 0.15) is 0 Å². The maximum Gasteiger partial charge on any atom is 0.375 e. The van der Waals surface area contributed by atoms with Crippen LogP contribution >= 0.6 is 12.8 Å². The van der Waals surface area contributed by atoms with Crippen LogP contribution in [-0.2, 0) is 16.3 Å². The normalized spacial score (nSPS) is 10.0. The highest BCUT2D eigenvalue weighted by Crippen LogP contribution is 2.07. The van der Waals surface area contributed by atoms with Crippen molar-refractivity contribution < 1.29 is 14.7 Å². The van der Waals surface area contributed by atoms with Crippen molar-refractivity contribution in [2.24, 2.45) is 0 Å². The van der Waals surface area contributed by atoms with Crippen molar-refractivity contribution >= 4 is 18.8 Å². The second kappa shape index (κ2) is 6.44. The maximum absolute atomic E-state index is 11.3. The molecular formula is C10H13NO3S. The second-order valence-electron chi connectivity index (χ2n) is 2.99. The van der Waals surface area contributed by atoms with E-state index in [2.05, 4.69) is 29.6 Å². The molecule has 0 aliphatic carbocycles. The van der Waals surface area contributed by atoms with Crippen LogP contribution in [-0.4, -0.2) is 5.97 Å². The van der Waals surface area contributed by atoms with Crippen LogP contribution in [0.15, 0.2) is 24.3 Å². The van der Waals surface area contributed by atoms with Gasteiger partial charge in [-0.2, -0.15) is 0 Å². The van der Waals surface area contributed by atoms with Gasteiger partial charge < -0.3 is 0 Å². The van der Waals surface area contributed by atoms with Gasteiger partial charge in [-0.3, -0.25) is 4.89 Å². The summed E-state index contributed by atoms with van der Waals surface area (Å²) >= 11 is 3.50. The number of hydrogen-bond acceptors (Lipinski definition) is 5. The Balaban J connectivity index is 2.58. The Hall–Kier alpha value is -1.04. The van der Waals surface area contributed by atoms with Crippen molar-refractivity contribution in [2.45, 2.75) is 19.8 Å². The summed E-state index contributed by atoms with van der Waals surface area (Å²) in [6, 6.07) is 7.20. The molecule has 1 N–H and O–H groups in total. The fourth-order valence-corrected chi connectivity index (χ4v) is 1.24. The highest BCUT2D eigenvalue weighted by molar-refractivity contribution is 7.77. The zero-order chi connectivity index (χ0) is 11.1. The zero-order valence-corrected chi connectivity index (χ0v) is 9.29. The largest absolute Gasteiger partial charge is 0.375 e. The van der Waals surface area contributed by atoms with Gasteiger partial charge in [0, 0.05) is 0 Å². The summed E-state index contributed by atoms with van der Waals surface area (Å²) in [5.74, 6) is -0.556. The van der Waals surface area contributed by atoms with Crippen LogP contribution < -0.4 is 4.89 Å². The summed E-state index contributed by atoms with van der Waals surface area (Å²) < 4.78 is 0. The smallest absolute Gasteiger partial charge is 0.274 e. The molecule has 15 heavy (non-hydrogen) atoms. The molecule has 0 bridgehead atoms. The minimum Gasteiger partial charge on any atom is -0.274 e. The van der Waals surface area contributed by atoms with E-state index in [1.807, 2.05) is 17.0 Å². The summed E-state index contributed by atoms with van der Waals surface area (Å²) in [5, 5.41) is 0. The lowest BCUT2D eigenvalue weighted by molar-refractivity contribution is -0.262. The summed E-state index contributed by atoms with van der Waals surface area (Å²) in [6.45, 7) is 2.11. The topological polar surface area (TPSA) is 47.6 Å². The molecule has 0 aliphatic heterocycles. The van der Waals surface area contributed by atoms with Crippen LogP contribution in [0.2, 0.25) is 0 Å². The molecule has 1 rings (SSSR count). The number of thiol groups is 1. The third-order valence-electron chi connectivity index (χ3n) is 1.88. The number of carbonyl (C=O) groups is 1. The first kappa shape index (κ1) is 12.0. The first-order valence-electron chi connectivity index (χ1n) is 4.63. The molecule has 0 aromatic heterocycles. The number of aryl methyl sites for hydroxylation is 1. The van der Waals surface area contributed by atoms with Crippen molar-refractivity contribution in [1.82, 2.24) is 4.89 Å². The van der Waals surface area contributed by atoms with Crippen molar-refractivity contribution in [3.63, 3.8) is 0 Å². The average Bonchev–Trinajstić information content (AvgIpc) is 2.27. The average molecular weight is 227 g/mol. The van der Waals surface area contributed by atoms with E-state index in [1.165, 1.54) is 5.56 Å². The molecule has 1 aromatic rings. The first-order valence-corrected chi connectivity index (χ1v) is 5.08. The van der Waals surface area contributed by atoms with Gasteiger partial charge in [0.2, 0.25) is 0 Å². The van der Waals surface area contributed by atoms with Gasteiger partial charge in [0.15, 0.2) is 0 Å². The monoisotopic (exact) mass is 227 g/mol. The summed E-state index contributed by atoms with van der Waals surface area (Å²) in [7, 11) is 0. The summed E-state index contributed by atoms with van der Waals surface area (Å²) in [6.07, 6.45) is 2.08. The van der Waals surface area contributed by atoms with Gasteiger partial charge in [-0.15, -0.1) is 4.89 Å². The van der Waals surface area contributed by atoms with Crippen molar-refractivity contribution in [3.05, 3.63) is 35.4 Å². The molecule has 0 heterocycles. The van der Waals surface area contributed by atoms with Gasteiger partial charge in [0.25, 0.3) is 0 Å². The number of benzene rings is 1. The van der Waals surface area contributed by atoms with E-state index in [4.69, 9.17) is 0 Å². The SMILES string of the molecule is CCCc1ccc(C(=O)OONS)cc1. The number of nitrogens with one attached hydrogen (secondary N) is 1. The molecule has 4 nitrogen and oxygen atoms in total. The first-order chi connectivity index (χ1) is 7.27. The molecule has 0 aliphatic rings. The lowest BCUT2D eigenvalue weighted by Gasteiger charge is -2.02. The molecular weight excluding hydrogens is 214 g/mol. The molecule has 1 aromatic carbocycles. The number of hydrogen-bond donors (Lipinski definition) is 2. The Morgan fingerprint density at radius 2 is 2.07 bits per heavy atom. The highest BCUT2D eigenvalue weighted by atomic mass is 32.1.